The highest BCUT2D eigenvalue weighted by Gasteiger charge is 2.27. The Labute approximate surface area is 107 Å². The van der Waals surface area contributed by atoms with Crippen LogP contribution in [0, 0.1) is 17.7 Å². The minimum absolute atomic E-state index is 0.166. The maximum absolute atomic E-state index is 13.6. The number of hydrogen-bond acceptors (Lipinski definition) is 1. The van der Waals surface area contributed by atoms with Crippen molar-refractivity contribution in [3.05, 3.63) is 34.6 Å². The van der Waals surface area contributed by atoms with Crippen LogP contribution < -0.4 is 0 Å². The van der Waals surface area contributed by atoms with E-state index in [2.05, 4.69) is 6.92 Å². The largest absolute Gasteiger partial charge is 0.388 e. The van der Waals surface area contributed by atoms with E-state index in [0.717, 1.165) is 31.6 Å². The highest BCUT2D eigenvalue weighted by Crippen LogP contribution is 2.37. The van der Waals surface area contributed by atoms with Crippen LogP contribution in [0.3, 0.4) is 0 Å². The molecular formula is C14H18ClFO. The second kappa shape index (κ2) is 5.36. The summed E-state index contributed by atoms with van der Waals surface area (Å²) in [5.74, 6) is 0.530. The molecule has 0 amide bonds. The molecule has 1 aliphatic carbocycles. The molecule has 1 aliphatic rings. The van der Waals surface area contributed by atoms with E-state index in [0.29, 0.717) is 10.6 Å². The molecule has 1 atom stereocenters. The van der Waals surface area contributed by atoms with Crippen molar-refractivity contribution in [3.63, 3.8) is 0 Å². The van der Waals surface area contributed by atoms with Gasteiger partial charge < -0.3 is 5.11 Å². The summed E-state index contributed by atoms with van der Waals surface area (Å²) in [6, 6.07) is 4.38. The molecule has 0 bridgehead atoms. The number of hydrogen-bond donors (Lipinski definition) is 1. The Morgan fingerprint density at radius 1 is 1.29 bits per heavy atom. The molecule has 2 rings (SSSR count). The van der Waals surface area contributed by atoms with Gasteiger partial charge in [0, 0.05) is 10.6 Å². The van der Waals surface area contributed by atoms with Crippen LogP contribution in [-0.2, 0) is 0 Å². The van der Waals surface area contributed by atoms with Crippen molar-refractivity contribution in [2.45, 2.75) is 38.7 Å². The fraction of sp³-hybridized carbons (Fsp3) is 0.571. The lowest BCUT2D eigenvalue weighted by Crippen LogP contribution is -2.20. The SMILES string of the molecule is CC1CCC(C(O)c2cc(Cl)ccc2F)CC1. The summed E-state index contributed by atoms with van der Waals surface area (Å²) in [6.07, 6.45) is 3.44. The number of aliphatic hydroxyl groups excluding tert-OH is 1. The Kier molecular flexibility index (Phi) is 4.05. The maximum atomic E-state index is 13.6. The summed E-state index contributed by atoms with van der Waals surface area (Å²) in [4.78, 5) is 0. The normalized spacial score (nSPS) is 26.8. The van der Waals surface area contributed by atoms with Gasteiger partial charge in [-0.3, -0.25) is 0 Å². The van der Waals surface area contributed by atoms with Gasteiger partial charge in [-0.25, -0.2) is 4.39 Å². The molecule has 0 aliphatic heterocycles. The molecular weight excluding hydrogens is 239 g/mol. The van der Waals surface area contributed by atoms with E-state index in [4.69, 9.17) is 11.6 Å². The van der Waals surface area contributed by atoms with Crippen molar-refractivity contribution in [2.24, 2.45) is 11.8 Å². The second-order valence-electron chi connectivity index (χ2n) is 5.13. The second-order valence-corrected chi connectivity index (χ2v) is 5.57. The Balaban J connectivity index is 2.13. The lowest BCUT2D eigenvalue weighted by atomic mass is 9.78. The number of benzene rings is 1. The topological polar surface area (TPSA) is 20.2 Å². The molecule has 1 nitrogen and oxygen atoms in total. The third kappa shape index (κ3) is 2.99. The first kappa shape index (κ1) is 12.8. The van der Waals surface area contributed by atoms with E-state index in [1.807, 2.05) is 0 Å². The van der Waals surface area contributed by atoms with Crippen molar-refractivity contribution >= 4 is 11.6 Å². The standard InChI is InChI=1S/C14H18ClFO/c1-9-2-4-10(5-3-9)14(17)12-8-11(15)6-7-13(12)16/h6-10,14,17H,2-5H2,1H3. The molecule has 0 heterocycles. The van der Waals surface area contributed by atoms with Gasteiger partial charge >= 0.3 is 0 Å². The van der Waals surface area contributed by atoms with Crippen molar-refractivity contribution < 1.29 is 9.50 Å². The predicted molar refractivity (Wildman–Crippen MR) is 67.5 cm³/mol. The zero-order chi connectivity index (χ0) is 12.4. The summed E-state index contributed by atoms with van der Waals surface area (Å²) in [5, 5.41) is 10.7. The van der Waals surface area contributed by atoms with E-state index in [9.17, 15) is 9.50 Å². The van der Waals surface area contributed by atoms with Crippen LogP contribution in [0.2, 0.25) is 5.02 Å². The molecule has 0 radical (unpaired) electrons. The highest BCUT2D eigenvalue weighted by atomic mass is 35.5. The number of halogens is 2. The van der Waals surface area contributed by atoms with E-state index < -0.39 is 6.10 Å². The molecule has 3 heteroatoms. The van der Waals surface area contributed by atoms with Crippen LogP contribution in [0.1, 0.15) is 44.3 Å². The first-order valence-corrected chi connectivity index (χ1v) is 6.58. The maximum Gasteiger partial charge on any atom is 0.129 e. The van der Waals surface area contributed by atoms with Crippen LogP contribution in [0.25, 0.3) is 0 Å². The first-order valence-electron chi connectivity index (χ1n) is 6.21. The van der Waals surface area contributed by atoms with Gasteiger partial charge in [-0.05, 0) is 42.9 Å². The van der Waals surface area contributed by atoms with Crippen LogP contribution in [-0.4, -0.2) is 5.11 Å². The van der Waals surface area contributed by atoms with Crippen molar-refractivity contribution in [1.29, 1.82) is 0 Å². The van der Waals surface area contributed by atoms with E-state index in [1.165, 1.54) is 12.1 Å². The zero-order valence-electron chi connectivity index (χ0n) is 10.00. The minimum Gasteiger partial charge on any atom is -0.388 e. The molecule has 17 heavy (non-hydrogen) atoms. The third-order valence-corrected chi connectivity index (χ3v) is 4.02. The smallest absolute Gasteiger partial charge is 0.129 e. The van der Waals surface area contributed by atoms with Gasteiger partial charge in [0.15, 0.2) is 0 Å². The van der Waals surface area contributed by atoms with Crippen LogP contribution in [0.15, 0.2) is 18.2 Å². The summed E-state index contributed by atoms with van der Waals surface area (Å²) in [5.41, 5.74) is 0.344. The molecule has 0 saturated heterocycles. The van der Waals surface area contributed by atoms with E-state index in [1.54, 1.807) is 6.07 Å². The molecule has 0 spiro atoms. The first-order chi connectivity index (χ1) is 8.08. The van der Waals surface area contributed by atoms with Crippen molar-refractivity contribution in [2.75, 3.05) is 0 Å². The van der Waals surface area contributed by atoms with Gasteiger partial charge in [-0.1, -0.05) is 31.4 Å². The molecule has 1 saturated carbocycles. The lowest BCUT2D eigenvalue weighted by Gasteiger charge is -2.30. The zero-order valence-corrected chi connectivity index (χ0v) is 10.8. The molecule has 1 aromatic carbocycles. The van der Waals surface area contributed by atoms with Gasteiger partial charge in [0.25, 0.3) is 0 Å². The highest BCUT2D eigenvalue weighted by molar-refractivity contribution is 6.30. The predicted octanol–water partition coefficient (Wildman–Crippen LogP) is 4.34. The number of rotatable bonds is 2. The summed E-state index contributed by atoms with van der Waals surface area (Å²) >= 11 is 5.85. The van der Waals surface area contributed by atoms with Gasteiger partial charge in [0.05, 0.1) is 6.10 Å². The molecule has 1 unspecified atom stereocenters. The summed E-state index contributed by atoms with van der Waals surface area (Å²) < 4.78 is 13.6. The number of aliphatic hydroxyl groups is 1. The van der Waals surface area contributed by atoms with Gasteiger partial charge in [-0.15, -0.1) is 0 Å². The Hall–Kier alpha value is -0.600. The molecule has 1 aromatic rings. The molecule has 0 aromatic heterocycles. The summed E-state index contributed by atoms with van der Waals surface area (Å²) in [6.45, 7) is 2.22. The average Bonchev–Trinajstić information content (AvgIpc) is 2.32. The van der Waals surface area contributed by atoms with E-state index in [-0.39, 0.29) is 11.7 Å². The van der Waals surface area contributed by atoms with Crippen LogP contribution in [0.5, 0.6) is 0 Å². The van der Waals surface area contributed by atoms with Gasteiger partial charge in [0.2, 0.25) is 0 Å². The van der Waals surface area contributed by atoms with Crippen molar-refractivity contribution in [1.82, 2.24) is 0 Å². The Bertz CT molecular complexity index is 386. The fourth-order valence-electron chi connectivity index (χ4n) is 2.60. The fourth-order valence-corrected chi connectivity index (χ4v) is 2.78. The quantitative estimate of drug-likeness (QED) is 0.835. The molecule has 94 valence electrons. The summed E-state index contributed by atoms with van der Waals surface area (Å²) in [7, 11) is 0. The Morgan fingerprint density at radius 3 is 2.59 bits per heavy atom. The Morgan fingerprint density at radius 2 is 1.94 bits per heavy atom. The van der Waals surface area contributed by atoms with E-state index >= 15 is 0 Å². The monoisotopic (exact) mass is 256 g/mol. The van der Waals surface area contributed by atoms with Crippen LogP contribution >= 0.6 is 11.6 Å². The van der Waals surface area contributed by atoms with Gasteiger partial charge in [0.1, 0.15) is 5.82 Å². The average molecular weight is 257 g/mol. The van der Waals surface area contributed by atoms with Crippen LogP contribution in [0.4, 0.5) is 4.39 Å². The van der Waals surface area contributed by atoms with Crippen molar-refractivity contribution in [3.8, 4) is 0 Å². The molecule has 1 N–H and O–H groups in total. The molecule has 1 fully saturated rings. The third-order valence-electron chi connectivity index (χ3n) is 3.78. The minimum atomic E-state index is -0.721. The lowest BCUT2D eigenvalue weighted by molar-refractivity contribution is 0.0726. The van der Waals surface area contributed by atoms with Gasteiger partial charge in [-0.2, -0.15) is 0 Å².